The summed E-state index contributed by atoms with van der Waals surface area (Å²) in [5.41, 5.74) is 8.04. The van der Waals surface area contributed by atoms with Crippen LogP contribution in [-0.2, 0) is 4.74 Å². The standard InChI is InChI=1S/C27H30N6O3/c1-27(2,3)36-26(34)32(4)18-14-19(15-18)33-25-22(24(28)29-16-30-25)23(31-33)17-10-12-21(13-11-17)35-20-8-6-5-7-9-20/h5-13,16,18-19H,14-15H2,1-4H3,(H2,28,29,30)/t18-,19+. The van der Waals surface area contributed by atoms with E-state index in [1.54, 1.807) is 11.9 Å². The number of para-hydroxylation sites is 1. The fourth-order valence-electron chi connectivity index (χ4n) is 4.32. The Kier molecular flexibility index (Phi) is 5.99. The molecule has 36 heavy (non-hydrogen) atoms. The maximum atomic E-state index is 12.5. The van der Waals surface area contributed by atoms with Crippen LogP contribution in [0.2, 0.25) is 0 Å². The second-order valence-corrected chi connectivity index (χ2v) is 10.1. The molecule has 186 valence electrons. The summed E-state index contributed by atoms with van der Waals surface area (Å²) in [6, 6.07) is 17.5. The Balaban J connectivity index is 1.38. The number of nitrogens with two attached hydrogens (primary N) is 1. The Labute approximate surface area is 209 Å². The number of rotatable bonds is 5. The summed E-state index contributed by atoms with van der Waals surface area (Å²) in [7, 11) is 1.78. The van der Waals surface area contributed by atoms with Gasteiger partial charge in [0.05, 0.1) is 11.4 Å². The minimum Gasteiger partial charge on any atom is -0.457 e. The second kappa shape index (κ2) is 9.14. The van der Waals surface area contributed by atoms with Crippen LogP contribution in [-0.4, -0.2) is 49.4 Å². The number of aromatic nitrogens is 4. The van der Waals surface area contributed by atoms with E-state index in [4.69, 9.17) is 20.3 Å². The third-order valence-electron chi connectivity index (χ3n) is 6.29. The number of carbonyl (C=O) groups excluding carboxylic acids is 1. The smallest absolute Gasteiger partial charge is 0.410 e. The van der Waals surface area contributed by atoms with Gasteiger partial charge in [0.15, 0.2) is 5.65 Å². The van der Waals surface area contributed by atoms with Gasteiger partial charge < -0.3 is 20.1 Å². The lowest BCUT2D eigenvalue weighted by atomic mass is 9.86. The van der Waals surface area contributed by atoms with Crippen molar-refractivity contribution in [2.45, 2.75) is 51.3 Å². The number of nitrogen functional groups attached to an aromatic ring is 1. The molecule has 0 saturated heterocycles. The summed E-state index contributed by atoms with van der Waals surface area (Å²) in [5, 5.41) is 5.63. The van der Waals surface area contributed by atoms with Gasteiger partial charge in [-0.2, -0.15) is 5.10 Å². The first-order chi connectivity index (χ1) is 17.2. The van der Waals surface area contributed by atoms with Crippen molar-refractivity contribution < 1.29 is 14.3 Å². The number of amides is 1. The Hall–Kier alpha value is -4.14. The molecule has 2 aromatic heterocycles. The van der Waals surface area contributed by atoms with Crippen LogP contribution in [0.15, 0.2) is 60.9 Å². The molecule has 1 aliphatic carbocycles. The lowest BCUT2D eigenvalue weighted by Crippen LogP contribution is -2.48. The van der Waals surface area contributed by atoms with Crippen LogP contribution < -0.4 is 10.5 Å². The first kappa shape index (κ1) is 23.6. The fourth-order valence-corrected chi connectivity index (χ4v) is 4.32. The minimum absolute atomic E-state index is 0.0705. The first-order valence-corrected chi connectivity index (χ1v) is 12.0. The van der Waals surface area contributed by atoms with Crippen LogP contribution in [0.4, 0.5) is 10.6 Å². The zero-order chi connectivity index (χ0) is 25.4. The molecule has 5 rings (SSSR count). The average Bonchev–Trinajstić information content (AvgIpc) is 3.19. The molecule has 9 heteroatoms. The molecule has 2 heterocycles. The predicted molar refractivity (Wildman–Crippen MR) is 138 cm³/mol. The highest BCUT2D eigenvalue weighted by Gasteiger charge is 2.38. The van der Waals surface area contributed by atoms with E-state index < -0.39 is 5.60 Å². The Bertz CT molecular complexity index is 1370. The van der Waals surface area contributed by atoms with Crippen LogP contribution >= 0.6 is 0 Å². The van der Waals surface area contributed by atoms with Crippen molar-refractivity contribution in [2.24, 2.45) is 0 Å². The number of ether oxygens (including phenoxy) is 2. The number of hydrogen-bond donors (Lipinski definition) is 1. The van der Waals surface area contributed by atoms with Crippen molar-refractivity contribution in [3.8, 4) is 22.8 Å². The van der Waals surface area contributed by atoms with Gasteiger partial charge in [0.1, 0.15) is 34.9 Å². The molecule has 1 aliphatic rings. The highest BCUT2D eigenvalue weighted by atomic mass is 16.6. The van der Waals surface area contributed by atoms with Gasteiger partial charge in [-0.1, -0.05) is 18.2 Å². The molecule has 1 saturated carbocycles. The Morgan fingerprint density at radius 2 is 1.69 bits per heavy atom. The molecular formula is C27H30N6O3. The zero-order valence-electron chi connectivity index (χ0n) is 20.9. The third kappa shape index (κ3) is 4.68. The van der Waals surface area contributed by atoms with E-state index in [-0.39, 0.29) is 18.2 Å². The maximum Gasteiger partial charge on any atom is 0.410 e. The number of nitrogens with zero attached hydrogens (tertiary/aromatic N) is 5. The highest BCUT2D eigenvalue weighted by molar-refractivity contribution is 5.98. The number of fused-ring (bicyclic) bond motifs is 1. The summed E-state index contributed by atoms with van der Waals surface area (Å²) in [6.07, 6.45) is 2.64. The van der Waals surface area contributed by atoms with Gasteiger partial charge in [-0.15, -0.1) is 0 Å². The highest BCUT2D eigenvalue weighted by Crippen LogP contribution is 2.40. The number of anilines is 1. The van der Waals surface area contributed by atoms with Gasteiger partial charge in [-0.25, -0.2) is 19.4 Å². The largest absolute Gasteiger partial charge is 0.457 e. The topological polar surface area (TPSA) is 108 Å². The fraction of sp³-hybridized carbons (Fsp3) is 0.333. The van der Waals surface area contributed by atoms with Gasteiger partial charge in [0, 0.05) is 18.7 Å². The van der Waals surface area contributed by atoms with Crippen molar-refractivity contribution in [2.75, 3.05) is 12.8 Å². The van der Waals surface area contributed by atoms with Crippen LogP contribution in [0.25, 0.3) is 22.3 Å². The zero-order valence-corrected chi connectivity index (χ0v) is 20.9. The summed E-state index contributed by atoms with van der Waals surface area (Å²) < 4.78 is 13.3. The SMILES string of the molecule is CN(C(=O)OC(C)(C)C)[C@H]1C[C@@H](n2nc(-c3ccc(Oc4ccccc4)cc3)c3c(N)ncnc32)C1. The Morgan fingerprint density at radius 3 is 2.36 bits per heavy atom. The van der Waals surface area contributed by atoms with Gasteiger partial charge in [-0.05, 0) is 70.0 Å². The predicted octanol–water partition coefficient (Wildman–Crippen LogP) is 5.44. The van der Waals surface area contributed by atoms with Crippen LogP contribution in [0, 0.1) is 0 Å². The molecule has 0 unspecified atom stereocenters. The monoisotopic (exact) mass is 486 g/mol. The molecule has 0 aliphatic heterocycles. The first-order valence-electron chi connectivity index (χ1n) is 12.0. The number of carbonyl (C=O) groups is 1. The summed E-state index contributed by atoms with van der Waals surface area (Å²) >= 11 is 0. The second-order valence-electron chi connectivity index (χ2n) is 10.1. The van der Waals surface area contributed by atoms with Crippen molar-refractivity contribution >= 4 is 22.9 Å². The van der Waals surface area contributed by atoms with E-state index in [0.717, 1.165) is 41.0 Å². The molecule has 1 fully saturated rings. The van der Waals surface area contributed by atoms with Crippen molar-refractivity contribution in [1.29, 1.82) is 0 Å². The molecule has 9 nitrogen and oxygen atoms in total. The molecule has 4 aromatic rings. The maximum absolute atomic E-state index is 12.5. The average molecular weight is 487 g/mol. The van der Waals surface area contributed by atoms with E-state index in [1.165, 1.54) is 6.33 Å². The molecule has 0 atom stereocenters. The van der Waals surface area contributed by atoms with Gasteiger partial charge in [0.2, 0.25) is 0 Å². The van der Waals surface area contributed by atoms with Gasteiger partial charge >= 0.3 is 6.09 Å². The molecule has 0 radical (unpaired) electrons. The quantitative estimate of drug-likeness (QED) is 0.400. The number of benzene rings is 2. The van der Waals surface area contributed by atoms with Crippen LogP contribution in [0.1, 0.15) is 39.7 Å². The van der Waals surface area contributed by atoms with E-state index in [2.05, 4.69) is 9.97 Å². The van der Waals surface area contributed by atoms with E-state index in [9.17, 15) is 4.79 Å². The third-order valence-corrected chi connectivity index (χ3v) is 6.29. The van der Waals surface area contributed by atoms with Crippen molar-refractivity contribution in [3.63, 3.8) is 0 Å². The van der Waals surface area contributed by atoms with E-state index >= 15 is 0 Å². The molecule has 0 bridgehead atoms. The normalized spacial score (nSPS) is 17.4. The van der Waals surface area contributed by atoms with E-state index in [0.29, 0.717) is 11.5 Å². The molecule has 1 amide bonds. The van der Waals surface area contributed by atoms with E-state index in [1.807, 2.05) is 80.1 Å². The number of hydrogen-bond acceptors (Lipinski definition) is 7. The van der Waals surface area contributed by atoms with Crippen LogP contribution in [0.3, 0.4) is 0 Å². The minimum atomic E-state index is -0.530. The van der Waals surface area contributed by atoms with Crippen LogP contribution in [0.5, 0.6) is 11.5 Å². The Morgan fingerprint density at radius 1 is 1.03 bits per heavy atom. The summed E-state index contributed by atoms with van der Waals surface area (Å²) in [5.74, 6) is 1.88. The van der Waals surface area contributed by atoms with Gasteiger partial charge in [0.25, 0.3) is 0 Å². The van der Waals surface area contributed by atoms with Crippen molar-refractivity contribution in [3.05, 3.63) is 60.9 Å². The summed E-state index contributed by atoms with van der Waals surface area (Å²) in [6.45, 7) is 5.60. The summed E-state index contributed by atoms with van der Waals surface area (Å²) in [4.78, 5) is 22.8. The van der Waals surface area contributed by atoms with Crippen molar-refractivity contribution in [1.82, 2.24) is 24.6 Å². The molecular weight excluding hydrogens is 456 g/mol. The lowest BCUT2D eigenvalue weighted by molar-refractivity contribution is 0.00721. The molecule has 2 aromatic carbocycles. The lowest BCUT2D eigenvalue weighted by Gasteiger charge is -2.41. The molecule has 2 N–H and O–H groups in total. The molecule has 0 spiro atoms. The van der Waals surface area contributed by atoms with Gasteiger partial charge in [-0.3, -0.25) is 0 Å².